The van der Waals surface area contributed by atoms with Crippen molar-refractivity contribution < 1.29 is 32.2 Å². The van der Waals surface area contributed by atoms with Gasteiger partial charge >= 0.3 is 12.1 Å². The predicted molar refractivity (Wildman–Crippen MR) is 107 cm³/mol. The third kappa shape index (κ3) is 4.67. The van der Waals surface area contributed by atoms with Crippen LogP contribution in [0.1, 0.15) is 39.7 Å². The van der Waals surface area contributed by atoms with Crippen molar-refractivity contribution in [2.45, 2.75) is 52.0 Å². The van der Waals surface area contributed by atoms with Gasteiger partial charge in [0.05, 0.1) is 0 Å². The van der Waals surface area contributed by atoms with Gasteiger partial charge in [-0.15, -0.1) is 0 Å². The van der Waals surface area contributed by atoms with Crippen LogP contribution in [0.4, 0.5) is 13.2 Å². The molecule has 0 aromatic heterocycles. The molecule has 0 fully saturated rings. The van der Waals surface area contributed by atoms with E-state index in [9.17, 15) is 22.8 Å². The van der Waals surface area contributed by atoms with E-state index >= 15 is 0 Å². The molecule has 1 aromatic carbocycles. The van der Waals surface area contributed by atoms with Gasteiger partial charge in [0, 0.05) is 25.0 Å². The van der Waals surface area contributed by atoms with Crippen LogP contribution in [0.2, 0.25) is 0 Å². The first-order valence-corrected chi connectivity index (χ1v) is 9.63. The van der Waals surface area contributed by atoms with Crippen LogP contribution in [0.25, 0.3) is 0 Å². The van der Waals surface area contributed by atoms with Crippen LogP contribution in [0.15, 0.2) is 54.1 Å². The fourth-order valence-corrected chi connectivity index (χ4v) is 3.93. The van der Waals surface area contributed by atoms with E-state index in [1.54, 1.807) is 24.3 Å². The summed E-state index contributed by atoms with van der Waals surface area (Å²) in [5.41, 5.74) is -3.06. The maximum Gasteiger partial charge on any atom is 0.432 e. The number of carbonyl (C=O) groups excluding carboxylic acids is 2. The largest absolute Gasteiger partial charge is 0.456 e. The van der Waals surface area contributed by atoms with Gasteiger partial charge in [-0.3, -0.25) is 4.79 Å². The highest BCUT2D eigenvalue weighted by molar-refractivity contribution is 5.92. The third-order valence-electron chi connectivity index (χ3n) is 5.39. The van der Waals surface area contributed by atoms with Crippen molar-refractivity contribution in [3.63, 3.8) is 0 Å². The quantitative estimate of drug-likeness (QED) is 0.469. The molecule has 0 radical (unpaired) electrons. The molecule has 7 heteroatoms. The Bertz CT molecular complexity index is 840. The van der Waals surface area contributed by atoms with Crippen molar-refractivity contribution in [3.05, 3.63) is 59.7 Å². The number of hydrogen-bond donors (Lipinski definition) is 0. The van der Waals surface area contributed by atoms with Crippen LogP contribution in [0.3, 0.4) is 0 Å². The van der Waals surface area contributed by atoms with Crippen LogP contribution in [-0.2, 0) is 24.7 Å². The predicted octanol–water partition coefficient (Wildman–Crippen LogP) is 5.14. The first-order valence-electron chi connectivity index (χ1n) is 9.63. The number of benzene rings is 1. The number of methoxy groups -OCH3 is 1. The molecule has 0 aliphatic heterocycles. The second-order valence-corrected chi connectivity index (χ2v) is 8.24. The molecule has 30 heavy (non-hydrogen) atoms. The van der Waals surface area contributed by atoms with Crippen LogP contribution in [0.5, 0.6) is 0 Å². The van der Waals surface area contributed by atoms with E-state index in [-0.39, 0.29) is 22.7 Å². The molecule has 2 rings (SSSR count). The minimum atomic E-state index is -5.02. The van der Waals surface area contributed by atoms with E-state index in [1.165, 1.54) is 31.2 Å². The molecule has 1 aliphatic carbocycles. The minimum absolute atomic E-state index is 0.0412. The Morgan fingerprint density at radius 1 is 1.23 bits per heavy atom. The summed E-state index contributed by atoms with van der Waals surface area (Å²) in [4.78, 5) is 24.5. The topological polar surface area (TPSA) is 52.6 Å². The smallest absolute Gasteiger partial charge is 0.432 e. The number of alkyl halides is 3. The summed E-state index contributed by atoms with van der Waals surface area (Å²) in [7, 11) is 0.831. The lowest BCUT2D eigenvalue weighted by molar-refractivity contribution is -0.277. The van der Waals surface area contributed by atoms with Gasteiger partial charge in [0.25, 0.3) is 5.60 Å². The Kier molecular flexibility index (Phi) is 6.97. The Morgan fingerprint density at radius 2 is 1.83 bits per heavy atom. The minimum Gasteiger partial charge on any atom is -0.456 e. The van der Waals surface area contributed by atoms with Crippen LogP contribution in [0, 0.1) is 11.3 Å². The van der Waals surface area contributed by atoms with E-state index in [2.05, 4.69) is 0 Å². The summed E-state index contributed by atoms with van der Waals surface area (Å²) in [6, 6.07) is 6.69. The highest BCUT2D eigenvalue weighted by Crippen LogP contribution is 2.43. The molecule has 0 saturated heterocycles. The molecule has 0 amide bonds. The maximum atomic E-state index is 13.9. The molecule has 1 aromatic rings. The first kappa shape index (κ1) is 23.9. The van der Waals surface area contributed by atoms with Gasteiger partial charge in [-0.2, -0.15) is 13.2 Å². The Hall–Kier alpha value is -2.41. The number of halogens is 3. The molecule has 0 saturated carbocycles. The molecule has 0 unspecified atom stereocenters. The standard InChI is InChI=1S/C23H27F3O4/c1-15-13-18(27)14-21(3,4)19(15)12-11-16(2)30-20(28)22(29-5,23(24,25)26)17-9-7-6-8-10-17/h6-13,16,19H,14H2,1-5H3/b12-11+/t16-,19+,22+/m1/s1. The van der Waals surface area contributed by atoms with Gasteiger partial charge in [-0.05, 0) is 31.4 Å². The van der Waals surface area contributed by atoms with Crippen molar-refractivity contribution in [3.8, 4) is 0 Å². The van der Waals surface area contributed by atoms with Gasteiger partial charge in [-0.1, -0.05) is 55.8 Å². The number of carbonyl (C=O) groups is 2. The van der Waals surface area contributed by atoms with Gasteiger partial charge in [0.2, 0.25) is 0 Å². The molecular weight excluding hydrogens is 397 g/mol. The highest BCUT2D eigenvalue weighted by Gasteiger charge is 2.64. The number of hydrogen-bond acceptors (Lipinski definition) is 4. The number of ketones is 1. The van der Waals surface area contributed by atoms with Crippen LogP contribution < -0.4 is 0 Å². The Labute approximate surface area is 174 Å². The van der Waals surface area contributed by atoms with Crippen molar-refractivity contribution in [1.82, 2.24) is 0 Å². The zero-order chi connectivity index (χ0) is 22.7. The molecular formula is C23H27F3O4. The molecule has 4 nitrogen and oxygen atoms in total. The van der Waals surface area contributed by atoms with E-state index in [0.29, 0.717) is 6.42 Å². The summed E-state index contributed by atoms with van der Waals surface area (Å²) in [5.74, 6) is -1.59. The summed E-state index contributed by atoms with van der Waals surface area (Å²) >= 11 is 0. The van der Waals surface area contributed by atoms with E-state index in [1.807, 2.05) is 20.8 Å². The van der Waals surface area contributed by atoms with Crippen molar-refractivity contribution in [2.75, 3.05) is 7.11 Å². The summed E-state index contributed by atoms with van der Waals surface area (Å²) < 4.78 is 51.7. The van der Waals surface area contributed by atoms with Crippen LogP contribution >= 0.6 is 0 Å². The average Bonchev–Trinajstić information content (AvgIpc) is 2.60. The lowest BCUT2D eigenvalue weighted by Crippen LogP contribution is -2.52. The fourth-order valence-electron chi connectivity index (χ4n) is 3.93. The lowest BCUT2D eigenvalue weighted by Gasteiger charge is -2.36. The lowest BCUT2D eigenvalue weighted by atomic mass is 9.68. The normalized spacial score (nSPS) is 22.3. The molecule has 3 atom stereocenters. The summed E-state index contributed by atoms with van der Waals surface area (Å²) in [5, 5.41) is 0. The van der Waals surface area contributed by atoms with E-state index < -0.39 is 23.9 Å². The molecule has 0 bridgehead atoms. The number of ether oxygens (including phenoxy) is 2. The number of esters is 1. The summed E-state index contributed by atoms with van der Waals surface area (Å²) in [6.07, 6.45) is -0.692. The second-order valence-electron chi connectivity index (χ2n) is 8.24. The average molecular weight is 424 g/mol. The van der Waals surface area contributed by atoms with Gasteiger partial charge in [0.1, 0.15) is 6.10 Å². The van der Waals surface area contributed by atoms with Gasteiger partial charge < -0.3 is 9.47 Å². The second kappa shape index (κ2) is 8.76. The van der Waals surface area contributed by atoms with E-state index in [0.717, 1.165) is 12.7 Å². The van der Waals surface area contributed by atoms with E-state index in [4.69, 9.17) is 9.47 Å². The van der Waals surface area contributed by atoms with Crippen molar-refractivity contribution >= 4 is 11.8 Å². The zero-order valence-electron chi connectivity index (χ0n) is 17.7. The SMILES string of the molecule is CO[C@](C(=O)O[C@H](C)/C=C/[C@H]1C(C)=CC(=O)CC1(C)C)(c1ccccc1)C(F)(F)F. The zero-order valence-corrected chi connectivity index (χ0v) is 17.7. The van der Waals surface area contributed by atoms with Crippen molar-refractivity contribution in [2.24, 2.45) is 11.3 Å². The van der Waals surface area contributed by atoms with Crippen molar-refractivity contribution in [1.29, 1.82) is 0 Å². The third-order valence-corrected chi connectivity index (χ3v) is 5.39. The Balaban J connectivity index is 2.27. The summed E-state index contributed by atoms with van der Waals surface area (Å²) in [6.45, 7) is 7.21. The molecule has 1 aliphatic rings. The molecule has 0 spiro atoms. The van der Waals surface area contributed by atoms with Crippen LogP contribution in [-0.4, -0.2) is 31.1 Å². The molecule has 0 N–H and O–H groups in total. The fraction of sp³-hybridized carbons (Fsp3) is 0.478. The molecule has 164 valence electrons. The maximum absolute atomic E-state index is 13.9. The molecule has 0 heterocycles. The van der Waals surface area contributed by atoms with Gasteiger partial charge in [0.15, 0.2) is 5.78 Å². The Morgan fingerprint density at radius 3 is 2.33 bits per heavy atom. The number of allylic oxidation sites excluding steroid dienone is 3. The highest BCUT2D eigenvalue weighted by atomic mass is 19.4. The van der Waals surface area contributed by atoms with Gasteiger partial charge in [-0.25, -0.2) is 4.79 Å². The first-order chi connectivity index (χ1) is 13.8. The monoisotopic (exact) mass is 424 g/mol. The number of rotatable bonds is 6.